The van der Waals surface area contributed by atoms with Crippen LogP contribution in [0.3, 0.4) is 0 Å². The van der Waals surface area contributed by atoms with Gasteiger partial charge in [-0.25, -0.2) is 44.9 Å². The number of hydrogen-bond donors (Lipinski definition) is 0. The Morgan fingerprint density at radius 2 is 0.423 bits per heavy atom. The largest absolute Gasteiger partial charge is 0.456 e. The Hall–Kier alpha value is -18.7. The molecule has 0 bridgehead atoms. The van der Waals surface area contributed by atoms with Crippen LogP contribution in [-0.2, 0) is 0 Å². The number of furan rings is 3. The van der Waals surface area contributed by atoms with E-state index >= 15 is 0 Å². The van der Waals surface area contributed by atoms with Crippen LogP contribution in [0.25, 0.3) is 267 Å². The molecule has 12 nitrogen and oxygen atoms in total. The normalized spacial score (nSPS) is 11.5. The van der Waals surface area contributed by atoms with Crippen molar-refractivity contribution in [3.8, 4) is 147 Å². The van der Waals surface area contributed by atoms with Crippen LogP contribution in [0.15, 0.2) is 480 Å². The van der Waals surface area contributed by atoms with Crippen LogP contribution in [-0.4, -0.2) is 44.9 Å². The van der Waals surface area contributed by atoms with Crippen LogP contribution in [0.2, 0.25) is 0 Å². The van der Waals surface area contributed by atoms with Crippen LogP contribution < -0.4 is 0 Å². The highest BCUT2D eigenvalue weighted by Gasteiger charge is 2.23. The number of rotatable bonds is 13. The quantitative estimate of drug-likeness (QED) is 0.108. The Morgan fingerprint density at radius 1 is 0.117 bits per heavy atom. The molecular weight excluding hydrogens is 1680 g/mol. The van der Waals surface area contributed by atoms with Crippen LogP contribution in [0.4, 0.5) is 0 Å². The second-order valence-corrected chi connectivity index (χ2v) is 34.1. The lowest BCUT2D eigenvalue weighted by Gasteiger charge is -2.13. The van der Waals surface area contributed by atoms with E-state index < -0.39 is 0 Å². The molecule has 0 spiro atoms. The maximum atomic E-state index is 6.25. The maximum Gasteiger partial charge on any atom is 0.164 e. The Kier molecular flexibility index (Phi) is 20.3. The van der Waals surface area contributed by atoms with Gasteiger partial charge in [0, 0.05) is 87.8 Å². The number of aromatic nitrogens is 9. The lowest BCUT2D eigenvalue weighted by molar-refractivity contribution is 0.669. The Balaban J connectivity index is 0.000000109. The number of fused-ring (bicyclic) bond motifs is 17. The number of benzene rings is 21. The first-order valence-electron chi connectivity index (χ1n) is 45.8. The molecule has 21 aromatic carbocycles. The lowest BCUT2D eigenvalue weighted by Crippen LogP contribution is -2.00. The zero-order valence-electron chi connectivity index (χ0n) is 73.7. The minimum Gasteiger partial charge on any atom is -0.456 e. The van der Waals surface area contributed by atoms with E-state index in [-0.39, 0.29) is 0 Å². The van der Waals surface area contributed by atoms with Gasteiger partial charge < -0.3 is 13.3 Å². The lowest BCUT2D eigenvalue weighted by atomic mass is 9.93. The maximum absolute atomic E-state index is 6.25. The summed E-state index contributed by atoms with van der Waals surface area (Å²) in [5, 5.41) is 18.4. The molecule has 0 unspecified atom stereocenters. The van der Waals surface area contributed by atoms with Gasteiger partial charge in [-0.05, 0) is 172 Å². The molecule has 0 atom stereocenters. The van der Waals surface area contributed by atoms with E-state index in [0.29, 0.717) is 52.4 Å². The smallest absolute Gasteiger partial charge is 0.164 e. The highest BCUT2D eigenvalue weighted by Crippen LogP contribution is 2.45. The molecule has 27 rings (SSSR count). The minimum atomic E-state index is 0.629. The van der Waals surface area contributed by atoms with Gasteiger partial charge in [0.05, 0.1) is 0 Å². The van der Waals surface area contributed by atoms with Gasteiger partial charge in [0.2, 0.25) is 0 Å². The molecule has 0 radical (unpaired) electrons. The van der Waals surface area contributed by atoms with E-state index in [0.717, 1.165) is 177 Å². The summed E-state index contributed by atoms with van der Waals surface area (Å²) < 4.78 is 18.6. The highest BCUT2D eigenvalue weighted by molar-refractivity contribution is 6.24. The van der Waals surface area contributed by atoms with E-state index in [1.165, 1.54) is 37.7 Å². The highest BCUT2D eigenvalue weighted by atomic mass is 16.3. The summed E-state index contributed by atoms with van der Waals surface area (Å²) in [5.41, 5.74) is 22.9. The fraction of sp³-hybridized carbons (Fsp3) is 0. The molecular formula is C125H77N9O3. The van der Waals surface area contributed by atoms with Crippen molar-refractivity contribution >= 4 is 120 Å². The van der Waals surface area contributed by atoms with Crippen molar-refractivity contribution in [1.29, 1.82) is 0 Å². The van der Waals surface area contributed by atoms with Crippen molar-refractivity contribution in [2.45, 2.75) is 0 Å². The van der Waals surface area contributed by atoms with Gasteiger partial charge in [-0.1, -0.05) is 388 Å². The Bertz CT molecular complexity index is 9310. The summed E-state index contributed by atoms with van der Waals surface area (Å²) in [6, 6.07) is 161. The summed E-state index contributed by atoms with van der Waals surface area (Å²) in [5.74, 6) is 5.78. The zero-order valence-corrected chi connectivity index (χ0v) is 73.7. The summed E-state index contributed by atoms with van der Waals surface area (Å²) in [6.45, 7) is 0. The summed E-state index contributed by atoms with van der Waals surface area (Å²) in [7, 11) is 0. The molecule has 27 aromatic rings. The predicted molar refractivity (Wildman–Crippen MR) is 560 cm³/mol. The van der Waals surface area contributed by atoms with Crippen LogP contribution in [0.5, 0.6) is 0 Å². The molecule has 6 aromatic heterocycles. The van der Waals surface area contributed by atoms with Gasteiger partial charge in [0.25, 0.3) is 0 Å². The van der Waals surface area contributed by atoms with Crippen LogP contribution in [0.1, 0.15) is 0 Å². The van der Waals surface area contributed by atoms with E-state index in [2.05, 4.69) is 303 Å². The van der Waals surface area contributed by atoms with Gasteiger partial charge in [0.1, 0.15) is 33.5 Å². The molecule has 0 saturated heterocycles. The van der Waals surface area contributed by atoms with Gasteiger partial charge in [0.15, 0.2) is 52.4 Å². The van der Waals surface area contributed by atoms with E-state index in [1.54, 1.807) is 0 Å². The molecule has 0 aliphatic heterocycles. The molecule has 0 fully saturated rings. The Morgan fingerprint density at radius 3 is 0.949 bits per heavy atom. The number of hydrogen-bond acceptors (Lipinski definition) is 12. The molecule has 640 valence electrons. The van der Waals surface area contributed by atoms with Crippen molar-refractivity contribution in [2.24, 2.45) is 0 Å². The summed E-state index contributed by atoms with van der Waals surface area (Å²) in [4.78, 5) is 44.9. The molecule has 0 aliphatic rings. The second-order valence-electron chi connectivity index (χ2n) is 34.1. The summed E-state index contributed by atoms with van der Waals surface area (Å²) >= 11 is 0. The molecule has 6 heterocycles. The zero-order chi connectivity index (χ0) is 90.6. The monoisotopic (exact) mass is 1750 g/mol. The van der Waals surface area contributed by atoms with Crippen molar-refractivity contribution in [2.75, 3.05) is 0 Å². The third-order valence-corrected chi connectivity index (χ3v) is 25.7. The standard InChI is InChI=1S/C43H27N3O.2C41H25N3O/c1-3-11-28(12-4-1)31-15-9-17-34(25-31)42-44-41(30-13-5-2-6-14-30)45-43(46-42)35-18-10-16-32(26-35)33-22-21-29-23-24-39-40(37(29)27-33)36-19-7-8-20-38(36)47-39;1-3-11-26(12-4-1)39-42-40(27-13-5-2-6-14-27)44-41(43-39)34-23-22-30(32-15-7-8-16-33(32)34)28-19-21-31-29(25-28)20-24-37-38(31)35-17-9-10-18-36(35)45-37;1-2-11-28(12-3-1)39-42-40(44-41(43-39)32-21-20-26-10-4-5-13-29(26)24-32)31-16-8-15-30(25-31)33-18-9-14-27-22-23-36-38(37(27)33)34-17-6-7-19-35(34)45-36/h1-27H;2*1-25H. The van der Waals surface area contributed by atoms with Crippen molar-refractivity contribution in [3.05, 3.63) is 467 Å². The van der Waals surface area contributed by atoms with Gasteiger partial charge in [-0.3, -0.25) is 0 Å². The van der Waals surface area contributed by atoms with Crippen LogP contribution in [0, 0.1) is 0 Å². The number of para-hydroxylation sites is 3. The Labute approximate surface area is 786 Å². The SMILES string of the molecule is c1ccc(-c2cccc(-c3nc(-c4ccccc4)nc(-c4cccc(-c5ccc6ccc7oc8ccccc8c7c6c5)c4)n3)c2)cc1.c1ccc(-c2nc(-c3cccc(-c4cccc5ccc6oc7ccccc7c6c45)c3)nc(-c3ccc4ccccc4c3)n2)cc1.c1ccc(-c2nc(-c3ccccc3)nc(-c3ccc(-c4ccc5c(ccc6oc7ccccc7c65)c4)c4ccccc34)n2)cc1. The molecule has 0 aliphatic carbocycles. The molecule has 137 heavy (non-hydrogen) atoms. The van der Waals surface area contributed by atoms with E-state index in [4.69, 9.17) is 58.1 Å². The van der Waals surface area contributed by atoms with Crippen molar-refractivity contribution < 1.29 is 13.3 Å². The molecule has 12 heteroatoms. The average Bonchev–Trinajstić information content (AvgIpc) is 1.78. The first kappa shape index (κ1) is 80.4. The van der Waals surface area contributed by atoms with E-state index in [1.807, 2.05) is 164 Å². The second kappa shape index (κ2) is 34.6. The van der Waals surface area contributed by atoms with Gasteiger partial charge in [-0.15, -0.1) is 0 Å². The fourth-order valence-electron chi connectivity index (χ4n) is 19.1. The number of nitrogens with zero attached hydrogens (tertiary/aromatic N) is 9. The van der Waals surface area contributed by atoms with Gasteiger partial charge >= 0.3 is 0 Å². The molecule has 0 amide bonds. The topological polar surface area (TPSA) is 155 Å². The molecule has 0 saturated carbocycles. The van der Waals surface area contributed by atoms with Crippen molar-refractivity contribution in [3.63, 3.8) is 0 Å². The fourth-order valence-corrected chi connectivity index (χ4v) is 19.1. The average molecular weight is 1750 g/mol. The van der Waals surface area contributed by atoms with Crippen LogP contribution >= 0.6 is 0 Å². The molecule has 0 N–H and O–H groups in total. The first-order valence-corrected chi connectivity index (χ1v) is 45.8. The summed E-state index contributed by atoms with van der Waals surface area (Å²) in [6.07, 6.45) is 0. The third-order valence-electron chi connectivity index (χ3n) is 25.7. The van der Waals surface area contributed by atoms with Gasteiger partial charge in [-0.2, -0.15) is 0 Å². The minimum absolute atomic E-state index is 0.629. The first-order chi connectivity index (χ1) is 67.8. The van der Waals surface area contributed by atoms with E-state index in [9.17, 15) is 0 Å². The third kappa shape index (κ3) is 15.3. The predicted octanol–water partition coefficient (Wildman–Crippen LogP) is 32.8. The van der Waals surface area contributed by atoms with Crippen molar-refractivity contribution in [1.82, 2.24) is 44.9 Å².